The number of carbonyl (C=O) groups excluding carboxylic acids is 1. The zero-order valence-corrected chi connectivity index (χ0v) is 24.1. The number of hydrogen-bond acceptors (Lipinski definition) is 8. The molecule has 15 heteroatoms. The van der Waals surface area contributed by atoms with Crippen LogP contribution in [0.2, 0.25) is 0 Å². The van der Waals surface area contributed by atoms with Crippen molar-refractivity contribution in [1.29, 1.82) is 0 Å². The van der Waals surface area contributed by atoms with Gasteiger partial charge in [-0.05, 0) is 24.1 Å². The second-order valence-electron chi connectivity index (χ2n) is 10.9. The average Bonchev–Trinajstić information content (AvgIpc) is 3.35. The number of ether oxygens (including phenoxy) is 1. The Hall–Kier alpha value is -3.32. The number of sulfonamides is 1. The maximum Gasteiger partial charge on any atom is 0.299 e. The molecule has 6 rings (SSSR count). The Morgan fingerprint density at radius 3 is 2.63 bits per heavy atom. The molecule has 41 heavy (non-hydrogen) atoms. The summed E-state index contributed by atoms with van der Waals surface area (Å²) in [7, 11) is -2.45. The van der Waals surface area contributed by atoms with Gasteiger partial charge in [0, 0.05) is 23.9 Å². The first-order valence-corrected chi connectivity index (χ1v) is 15.4. The number of nitrogens with one attached hydrogen (secondary N) is 1. The quantitative estimate of drug-likeness (QED) is 0.408. The van der Waals surface area contributed by atoms with Gasteiger partial charge < -0.3 is 9.64 Å². The van der Waals surface area contributed by atoms with E-state index in [-0.39, 0.29) is 39.5 Å². The van der Waals surface area contributed by atoms with Gasteiger partial charge in [0.2, 0.25) is 15.9 Å². The number of amides is 1. The number of halogens is 2. The molecular weight excluding hydrogens is 576 g/mol. The van der Waals surface area contributed by atoms with E-state index in [4.69, 9.17) is 11.3 Å². The largest absolute Gasteiger partial charge is 0.377 e. The molecule has 2 bridgehead atoms. The first kappa shape index (κ1) is 27.8. The highest BCUT2D eigenvalue weighted by atomic mass is 32.2. The molecule has 2 aliphatic heterocycles. The standard InChI is InChI=1S/C26H27F2N7O4S2/c1-13(2)25(36)35-15-7-14(8-16(35)12-39-11-15)18-9-17(41(37,38)33-26(29-3)5-6-26)10-19-20(32-34(4)21(18)19)23-30-31-24(40-23)22(27)28/h7,9-10,13,15-16,22,33H,5-6,8,11-12H2,1-2,4H3. The number of rotatable bonds is 7. The van der Waals surface area contributed by atoms with Crippen LogP contribution in [0, 0.1) is 12.5 Å². The van der Waals surface area contributed by atoms with Crippen LogP contribution in [-0.4, -0.2) is 70.2 Å². The normalized spacial score (nSPS) is 21.8. The molecule has 1 aromatic carbocycles. The van der Waals surface area contributed by atoms with E-state index in [1.807, 2.05) is 24.8 Å². The van der Waals surface area contributed by atoms with Gasteiger partial charge in [-0.15, -0.1) is 14.9 Å². The summed E-state index contributed by atoms with van der Waals surface area (Å²) in [5.41, 5.74) is 1.07. The molecule has 2 unspecified atom stereocenters. The van der Waals surface area contributed by atoms with Crippen LogP contribution in [0.5, 0.6) is 0 Å². The van der Waals surface area contributed by atoms with Crippen LogP contribution in [0.1, 0.15) is 50.1 Å². The molecule has 1 saturated heterocycles. The molecule has 1 aliphatic carbocycles. The molecule has 3 aliphatic rings. The second kappa shape index (κ2) is 9.90. The van der Waals surface area contributed by atoms with E-state index in [2.05, 4.69) is 24.9 Å². The third kappa shape index (κ3) is 4.82. The predicted molar refractivity (Wildman–Crippen MR) is 146 cm³/mol. The maximum absolute atomic E-state index is 13.6. The summed E-state index contributed by atoms with van der Waals surface area (Å²) < 4.78 is 63.7. The Balaban J connectivity index is 1.54. The summed E-state index contributed by atoms with van der Waals surface area (Å²) >= 11 is 0.692. The Labute approximate surface area is 239 Å². The highest BCUT2D eigenvalue weighted by molar-refractivity contribution is 7.89. The monoisotopic (exact) mass is 603 g/mol. The molecule has 2 atom stereocenters. The van der Waals surface area contributed by atoms with Gasteiger partial charge in [-0.25, -0.2) is 23.8 Å². The average molecular weight is 604 g/mol. The minimum Gasteiger partial charge on any atom is -0.377 e. The van der Waals surface area contributed by atoms with Crippen LogP contribution in [0.25, 0.3) is 32.0 Å². The summed E-state index contributed by atoms with van der Waals surface area (Å²) in [6.45, 7) is 11.8. The Morgan fingerprint density at radius 2 is 2.02 bits per heavy atom. The van der Waals surface area contributed by atoms with E-state index in [1.165, 1.54) is 6.07 Å². The van der Waals surface area contributed by atoms with Crippen LogP contribution >= 0.6 is 11.3 Å². The van der Waals surface area contributed by atoms with Crippen molar-refractivity contribution < 1.29 is 26.7 Å². The summed E-state index contributed by atoms with van der Waals surface area (Å²) in [5, 5.41) is 12.1. The molecule has 216 valence electrons. The molecule has 11 nitrogen and oxygen atoms in total. The Bertz CT molecular complexity index is 1740. The van der Waals surface area contributed by atoms with Gasteiger partial charge in [0.05, 0.1) is 48.6 Å². The number of nitrogens with zero attached hydrogens (tertiary/aromatic N) is 6. The summed E-state index contributed by atoms with van der Waals surface area (Å²) in [5.74, 6) is -0.173. The van der Waals surface area contributed by atoms with Gasteiger partial charge in [-0.1, -0.05) is 31.3 Å². The lowest BCUT2D eigenvalue weighted by Gasteiger charge is -2.45. The first-order valence-electron chi connectivity index (χ1n) is 13.1. The van der Waals surface area contributed by atoms with Crippen LogP contribution < -0.4 is 4.72 Å². The van der Waals surface area contributed by atoms with E-state index >= 15 is 0 Å². The fourth-order valence-electron chi connectivity index (χ4n) is 5.47. The third-order valence-corrected chi connectivity index (χ3v) is 10.0. The second-order valence-corrected chi connectivity index (χ2v) is 13.6. The number of morpholine rings is 1. The minimum atomic E-state index is -4.14. The van der Waals surface area contributed by atoms with Crippen LogP contribution in [-0.2, 0) is 26.6 Å². The fraction of sp³-hybridized carbons (Fsp3) is 0.500. The number of aromatic nitrogens is 4. The smallest absolute Gasteiger partial charge is 0.299 e. The molecule has 3 aromatic rings. The topological polar surface area (TPSA) is 124 Å². The van der Waals surface area contributed by atoms with E-state index in [9.17, 15) is 22.0 Å². The van der Waals surface area contributed by atoms with Gasteiger partial charge in [-0.2, -0.15) is 5.10 Å². The van der Waals surface area contributed by atoms with Crippen molar-refractivity contribution in [2.45, 2.75) is 62.2 Å². The lowest BCUT2D eigenvalue weighted by Crippen LogP contribution is -2.57. The molecule has 2 fully saturated rings. The van der Waals surface area contributed by atoms with E-state index in [1.54, 1.807) is 17.8 Å². The fourth-order valence-corrected chi connectivity index (χ4v) is 7.58. The van der Waals surface area contributed by atoms with Gasteiger partial charge >= 0.3 is 0 Å². The zero-order valence-electron chi connectivity index (χ0n) is 22.5. The Kier molecular flexibility index (Phi) is 6.72. The highest BCUT2D eigenvalue weighted by Crippen LogP contribution is 2.42. The molecule has 0 spiro atoms. The third-order valence-electron chi connectivity index (χ3n) is 7.61. The number of benzene rings is 1. The van der Waals surface area contributed by atoms with Crippen LogP contribution in [0.15, 0.2) is 23.1 Å². The molecule has 1 saturated carbocycles. The lowest BCUT2D eigenvalue weighted by atomic mass is 9.88. The summed E-state index contributed by atoms with van der Waals surface area (Å²) in [6.07, 6.45) is 0.377. The lowest BCUT2D eigenvalue weighted by molar-refractivity contribution is -0.147. The van der Waals surface area contributed by atoms with Crippen LogP contribution in [0.4, 0.5) is 8.78 Å². The van der Waals surface area contributed by atoms with E-state index in [0.29, 0.717) is 60.3 Å². The molecular formula is C26H27F2N7O4S2. The number of hydrogen-bond donors (Lipinski definition) is 1. The number of fused-ring (bicyclic) bond motifs is 3. The SMILES string of the molecule is [C-]#[N+]C1(NS(=O)(=O)c2cc(C3=CC4COCC(C3)N4C(=O)C(C)C)c3c(c2)c(-c2nnc(C(F)F)s2)nn3C)CC1. The molecule has 1 N–H and O–H groups in total. The first-order chi connectivity index (χ1) is 19.4. The van der Waals surface area contributed by atoms with Crippen molar-refractivity contribution in [3.8, 4) is 10.7 Å². The summed E-state index contributed by atoms with van der Waals surface area (Å²) in [6, 6.07) is 2.43. The maximum atomic E-state index is 13.6. The van der Waals surface area contributed by atoms with Gasteiger partial charge in [-0.3, -0.25) is 14.3 Å². The van der Waals surface area contributed by atoms with Crippen molar-refractivity contribution in [3.05, 3.63) is 40.2 Å². The predicted octanol–water partition coefficient (Wildman–Crippen LogP) is 3.76. The van der Waals surface area contributed by atoms with Crippen molar-refractivity contribution in [3.63, 3.8) is 0 Å². The number of carbonyl (C=O) groups is 1. The van der Waals surface area contributed by atoms with Gasteiger partial charge in [0.1, 0.15) is 5.69 Å². The Morgan fingerprint density at radius 1 is 1.27 bits per heavy atom. The van der Waals surface area contributed by atoms with Crippen molar-refractivity contribution in [2.75, 3.05) is 13.2 Å². The van der Waals surface area contributed by atoms with Gasteiger partial charge in [0.15, 0.2) is 10.0 Å². The highest BCUT2D eigenvalue weighted by Gasteiger charge is 2.54. The molecule has 2 aromatic heterocycles. The van der Waals surface area contributed by atoms with E-state index in [0.717, 1.165) is 5.57 Å². The van der Waals surface area contributed by atoms with Crippen molar-refractivity contribution in [1.82, 2.24) is 29.6 Å². The van der Waals surface area contributed by atoms with Crippen molar-refractivity contribution in [2.24, 2.45) is 13.0 Å². The summed E-state index contributed by atoms with van der Waals surface area (Å²) in [4.78, 5) is 18.3. The molecule has 4 heterocycles. The minimum absolute atomic E-state index is 0.0204. The van der Waals surface area contributed by atoms with Crippen molar-refractivity contribution >= 4 is 43.7 Å². The molecule has 1 amide bonds. The number of aryl methyl sites for hydroxylation is 1. The van der Waals surface area contributed by atoms with E-state index < -0.39 is 27.1 Å². The number of alkyl halides is 2. The van der Waals surface area contributed by atoms with Crippen LogP contribution in [0.3, 0.4) is 0 Å². The molecule has 0 radical (unpaired) electrons. The van der Waals surface area contributed by atoms with Gasteiger partial charge in [0.25, 0.3) is 12.1 Å². The zero-order chi connectivity index (χ0) is 29.3.